The molecule has 1 amide bonds. The SMILES string of the molecule is CC(CNC(=O)c1c(Cl)cccc1Cl)C(N)=NO. The van der Waals surface area contributed by atoms with Gasteiger partial charge in [-0.05, 0) is 12.1 Å². The van der Waals surface area contributed by atoms with E-state index in [9.17, 15) is 4.79 Å². The molecule has 4 N–H and O–H groups in total. The number of nitrogens with zero attached hydrogens (tertiary/aromatic N) is 1. The molecule has 0 aromatic heterocycles. The first kappa shape index (κ1) is 14.6. The monoisotopic (exact) mass is 289 g/mol. The van der Waals surface area contributed by atoms with E-state index < -0.39 is 5.91 Å². The number of amides is 1. The van der Waals surface area contributed by atoms with Gasteiger partial charge in [0.1, 0.15) is 5.84 Å². The molecule has 0 aliphatic heterocycles. The average molecular weight is 290 g/mol. The van der Waals surface area contributed by atoms with Crippen molar-refractivity contribution in [1.82, 2.24) is 5.32 Å². The lowest BCUT2D eigenvalue weighted by Crippen LogP contribution is -2.34. The van der Waals surface area contributed by atoms with E-state index in [1.54, 1.807) is 25.1 Å². The number of carbonyl (C=O) groups is 1. The number of hydrogen-bond donors (Lipinski definition) is 3. The number of rotatable bonds is 4. The normalized spacial score (nSPS) is 13.2. The highest BCUT2D eigenvalue weighted by Gasteiger charge is 2.16. The Bertz CT molecular complexity index is 457. The van der Waals surface area contributed by atoms with Crippen LogP contribution in [0.2, 0.25) is 10.0 Å². The van der Waals surface area contributed by atoms with Gasteiger partial charge in [-0.1, -0.05) is 41.3 Å². The predicted molar refractivity (Wildman–Crippen MR) is 71.4 cm³/mol. The second-order valence-corrected chi connectivity index (χ2v) is 4.55. The van der Waals surface area contributed by atoms with Gasteiger partial charge in [-0.15, -0.1) is 0 Å². The number of halogens is 2. The van der Waals surface area contributed by atoms with Crippen LogP contribution in [0.3, 0.4) is 0 Å². The highest BCUT2D eigenvalue weighted by Crippen LogP contribution is 2.23. The Balaban J connectivity index is 2.72. The summed E-state index contributed by atoms with van der Waals surface area (Å²) in [6.45, 7) is 1.93. The van der Waals surface area contributed by atoms with Crippen molar-refractivity contribution in [3.63, 3.8) is 0 Å². The summed E-state index contributed by atoms with van der Waals surface area (Å²) >= 11 is 11.8. The van der Waals surface area contributed by atoms with Gasteiger partial charge in [-0.2, -0.15) is 0 Å². The zero-order valence-electron chi connectivity index (χ0n) is 9.65. The van der Waals surface area contributed by atoms with Crippen molar-refractivity contribution in [1.29, 1.82) is 0 Å². The maximum atomic E-state index is 11.9. The fourth-order valence-corrected chi connectivity index (χ4v) is 1.82. The minimum absolute atomic E-state index is 0.0422. The van der Waals surface area contributed by atoms with Gasteiger partial charge >= 0.3 is 0 Å². The average Bonchev–Trinajstić information content (AvgIpc) is 2.34. The van der Waals surface area contributed by atoms with E-state index in [4.69, 9.17) is 34.1 Å². The second-order valence-electron chi connectivity index (χ2n) is 3.73. The molecule has 1 unspecified atom stereocenters. The summed E-state index contributed by atoms with van der Waals surface area (Å²) in [6.07, 6.45) is 0. The number of nitrogens with two attached hydrogens (primary N) is 1. The Labute approximate surface area is 115 Å². The molecule has 0 radical (unpaired) electrons. The van der Waals surface area contributed by atoms with Crippen molar-refractivity contribution in [2.45, 2.75) is 6.92 Å². The summed E-state index contributed by atoms with van der Waals surface area (Å²) in [4.78, 5) is 11.9. The quantitative estimate of drug-likeness (QED) is 0.343. The molecule has 0 fully saturated rings. The third-order valence-corrected chi connectivity index (χ3v) is 3.01. The van der Waals surface area contributed by atoms with Crippen molar-refractivity contribution < 1.29 is 10.0 Å². The van der Waals surface area contributed by atoms with Gasteiger partial charge in [0, 0.05) is 12.5 Å². The molecular weight excluding hydrogens is 277 g/mol. The maximum Gasteiger partial charge on any atom is 0.254 e. The van der Waals surface area contributed by atoms with Crippen molar-refractivity contribution >= 4 is 34.9 Å². The molecule has 1 aromatic rings. The van der Waals surface area contributed by atoms with Crippen LogP contribution in [-0.4, -0.2) is 23.5 Å². The van der Waals surface area contributed by atoms with Gasteiger partial charge in [-0.25, -0.2) is 0 Å². The number of carbonyl (C=O) groups excluding carboxylic acids is 1. The molecule has 7 heteroatoms. The zero-order valence-corrected chi connectivity index (χ0v) is 11.2. The zero-order chi connectivity index (χ0) is 13.7. The predicted octanol–water partition coefficient (Wildman–Crippen LogP) is 2.11. The molecule has 0 saturated carbocycles. The third-order valence-electron chi connectivity index (χ3n) is 2.38. The van der Waals surface area contributed by atoms with Gasteiger partial charge in [0.25, 0.3) is 5.91 Å². The number of benzene rings is 1. The van der Waals surface area contributed by atoms with Crippen LogP contribution in [0.25, 0.3) is 0 Å². The lowest BCUT2D eigenvalue weighted by atomic mass is 10.1. The lowest BCUT2D eigenvalue weighted by Gasteiger charge is -2.12. The molecular formula is C11H13Cl2N3O2. The van der Waals surface area contributed by atoms with Crippen LogP contribution in [0, 0.1) is 5.92 Å². The standard InChI is InChI=1S/C11H13Cl2N3O2/c1-6(10(14)16-18)5-15-11(17)9-7(12)3-2-4-8(9)13/h2-4,6,18H,5H2,1H3,(H2,14,16)(H,15,17). The van der Waals surface area contributed by atoms with Crippen molar-refractivity contribution in [3.8, 4) is 0 Å². The van der Waals surface area contributed by atoms with Crippen molar-refractivity contribution in [2.75, 3.05) is 6.54 Å². The van der Waals surface area contributed by atoms with Gasteiger partial charge in [0.05, 0.1) is 15.6 Å². The highest BCUT2D eigenvalue weighted by atomic mass is 35.5. The van der Waals surface area contributed by atoms with Gasteiger partial charge in [0.15, 0.2) is 0 Å². The first-order chi connectivity index (χ1) is 8.47. The maximum absolute atomic E-state index is 11.9. The van der Waals surface area contributed by atoms with E-state index in [1.807, 2.05) is 0 Å². The molecule has 1 rings (SSSR count). The number of amidine groups is 1. The summed E-state index contributed by atoms with van der Waals surface area (Å²) < 4.78 is 0. The minimum atomic E-state index is -0.400. The summed E-state index contributed by atoms with van der Waals surface area (Å²) in [5.41, 5.74) is 5.61. The van der Waals surface area contributed by atoms with Crippen LogP contribution in [0.5, 0.6) is 0 Å². The summed E-state index contributed by atoms with van der Waals surface area (Å²) in [5, 5.41) is 14.5. The number of oxime groups is 1. The number of hydrogen-bond acceptors (Lipinski definition) is 3. The summed E-state index contributed by atoms with van der Waals surface area (Å²) in [5.74, 6) is -0.649. The molecule has 1 atom stereocenters. The minimum Gasteiger partial charge on any atom is -0.409 e. The first-order valence-corrected chi connectivity index (χ1v) is 5.92. The van der Waals surface area contributed by atoms with Crippen molar-refractivity contribution in [2.24, 2.45) is 16.8 Å². The second kappa shape index (κ2) is 6.47. The Morgan fingerprint density at radius 3 is 2.56 bits per heavy atom. The van der Waals surface area contributed by atoms with Crippen LogP contribution >= 0.6 is 23.2 Å². The largest absolute Gasteiger partial charge is 0.409 e. The van der Waals surface area contributed by atoms with E-state index in [0.717, 1.165) is 0 Å². The molecule has 0 aliphatic carbocycles. The molecule has 0 spiro atoms. The van der Waals surface area contributed by atoms with Gasteiger partial charge in [0.2, 0.25) is 0 Å². The van der Waals surface area contributed by atoms with E-state index in [1.165, 1.54) is 0 Å². The Hall–Kier alpha value is -1.46. The van der Waals surface area contributed by atoms with Crippen LogP contribution < -0.4 is 11.1 Å². The van der Waals surface area contributed by atoms with Crippen molar-refractivity contribution in [3.05, 3.63) is 33.8 Å². The lowest BCUT2D eigenvalue weighted by molar-refractivity contribution is 0.0951. The first-order valence-electron chi connectivity index (χ1n) is 5.17. The summed E-state index contributed by atoms with van der Waals surface area (Å²) in [7, 11) is 0. The molecule has 0 saturated heterocycles. The fraction of sp³-hybridized carbons (Fsp3) is 0.273. The van der Waals surface area contributed by atoms with Crippen LogP contribution in [-0.2, 0) is 0 Å². The Morgan fingerprint density at radius 1 is 1.50 bits per heavy atom. The molecule has 1 aromatic carbocycles. The smallest absolute Gasteiger partial charge is 0.254 e. The molecule has 18 heavy (non-hydrogen) atoms. The third kappa shape index (κ3) is 3.51. The highest BCUT2D eigenvalue weighted by molar-refractivity contribution is 6.39. The van der Waals surface area contributed by atoms with Crippen LogP contribution in [0.4, 0.5) is 0 Å². The summed E-state index contributed by atoms with van der Waals surface area (Å²) in [6, 6.07) is 4.81. The molecule has 0 heterocycles. The topological polar surface area (TPSA) is 87.7 Å². The molecule has 0 aliphatic rings. The van der Waals surface area contributed by atoms with Gasteiger partial charge < -0.3 is 16.3 Å². The van der Waals surface area contributed by atoms with E-state index in [2.05, 4.69) is 10.5 Å². The van der Waals surface area contributed by atoms with Crippen LogP contribution in [0.1, 0.15) is 17.3 Å². The fourth-order valence-electron chi connectivity index (χ4n) is 1.25. The molecule has 5 nitrogen and oxygen atoms in total. The van der Waals surface area contributed by atoms with Crippen LogP contribution in [0.15, 0.2) is 23.4 Å². The van der Waals surface area contributed by atoms with E-state index >= 15 is 0 Å². The Kier molecular flexibility index (Phi) is 5.25. The molecule has 0 bridgehead atoms. The van der Waals surface area contributed by atoms with Gasteiger partial charge in [-0.3, -0.25) is 4.79 Å². The number of nitrogens with one attached hydrogen (secondary N) is 1. The molecule has 98 valence electrons. The van der Waals surface area contributed by atoms with E-state index in [-0.39, 0.29) is 33.9 Å². The Morgan fingerprint density at radius 2 is 2.06 bits per heavy atom. The van der Waals surface area contributed by atoms with E-state index in [0.29, 0.717) is 0 Å².